The monoisotopic (exact) mass is 225 g/mol. The van der Waals surface area contributed by atoms with E-state index in [1.165, 1.54) is 15.7 Å². The Morgan fingerprint density at radius 1 is 1.33 bits per heavy atom. The van der Waals surface area contributed by atoms with Crippen LogP contribution in [-0.4, -0.2) is 6.04 Å². The second-order valence-corrected chi connectivity index (χ2v) is 4.28. The zero-order valence-corrected chi connectivity index (χ0v) is 8.85. The Morgan fingerprint density at radius 2 is 2.08 bits per heavy atom. The number of halogens is 1. The molecular formula is C10H12BrN. The van der Waals surface area contributed by atoms with Gasteiger partial charge in [-0.2, -0.15) is 0 Å². The maximum atomic E-state index is 3.54. The van der Waals surface area contributed by atoms with E-state index in [2.05, 4.69) is 53.3 Å². The first-order chi connectivity index (χ1) is 5.70. The van der Waals surface area contributed by atoms with Crippen molar-refractivity contribution in [2.45, 2.75) is 25.8 Å². The zero-order valence-electron chi connectivity index (χ0n) is 7.26. The lowest BCUT2D eigenvalue weighted by molar-refractivity contribution is 0.690. The van der Waals surface area contributed by atoms with E-state index in [0.29, 0.717) is 12.0 Å². The summed E-state index contributed by atoms with van der Waals surface area (Å²) in [5.41, 5.74) is 2.70. The predicted octanol–water partition coefficient (Wildman–Crippen LogP) is 3.37. The molecule has 2 rings (SSSR count). The van der Waals surface area contributed by atoms with E-state index in [-0.39, 0.29) is 0 Å². The van der Waals surface area contributed by atoms with Crippen molar-refractivity contribution in [3.8, 4) is 0 Å². The molecule has 0 saturated carbocycles. The summed E-state index contributed by atoms with van der Waals surface area (Å²) in [5.74, 6) is 0.623. The first kappa shape index (κ1) is 8.11. The third-order valence-corrected chi connectivity index (χ3v) is 3.32. The zero-order chi connectivity index (χ0) is 8.72. The van der Waals surface area contributed by atoms with Gasteiger partial charge in [-0.25, -0.2) is 0 Å². The molecule has 1 nitrogen and oxygen atoms in total. The molecule has 1 aliphatic heterocycles. The number of rotatable bonds is 0. The van der Waals surface area contributed by atoms with Gasteiger partial charge in [-0.3, -0.25) is 0 Å². The Kier molecular flexibility index (Phi) is 1.87. The lowest BCUT2D eigenvalue weighted by atomic mass is 9.99. The molecule has 0 saturated heterocycles. The third-order valence-electron chi connectivity index (χ3n) is 2.66. The molecular weight excluding hydrogens is 214 g/mol. The van der Waals surface area contributed by atoms with E-state index >= 15 is 0 Å². The van der Waals surface area contributed by atoms with Crippen LogP contribution in [0.25, 0.3) is 0 Å². The normalized spacial score (nSPS) is 26.6. The molecule has 1 N–H and O–H groups in total. The Hall–Kier alpha value is -0.500. The summed E-state index contributed by atoms with van der Waals surface area (Å²) in [7, 11) is 0. The molecule has 2 heteroatoms. The molecule has 0 aromatic heterocycles. The fraction of sp³-hybridized carbons (Fsp3) is 0.400. The van der Waals surface area contributed by atoms with E-state index in [9.17, 15) is 0 Å². The Bertz CT molecular complexity index is 309. The largest absolute Gasteiger partial charge is 0.381 e. The van der Waals surface area contributed by atoms with Crippen molar-refractivity contribution in [3.05, 3.63) is 28.2 Å². The maximum Gasteiger partial charge on any atom is 0.0522 e. The molecule has 0 bridgehead atoms. The minimum atomic E-state index is 0.554. The highest BCUT2D eigenvalue weighted by Gasteiger charge is 2.25. The summed E-state index contributed by atoms with van der Waals surface area (Å²) in [6.45, 7) is 4.48. The smallest absolute Gasteiger partial charge is 0.0522 e. The van der Waals surface area contributed by atoms with Gasteiger partial charge in [0.1, 0.15) is 0 Å². The average Bonchev–Trinajstić information content (AvgIpc) is 2.32. The number of para-hydroxylation sites is 1. The first-order valence-electron chi connectivity index (χ1n) is 4.25. The highest BCUT2D eigenvalue weighted by atomic mass is 79.9. The van der Waals surface area contributed by atoms with Crippen molar-refractivity contribution >= 4 is 21.6 Å². The second kappa shape index (κ2) is 2.77. The highest BCUT2D eigenvalue weighted by molar-refractivity contribution is 9.10. The molecule has 2 unspecified atom stereocenters. The molecule has 0 spiro atoms. The van der Waals surface area contributed by atoms with Crippen LogP contribution in [0.2, 0.25) is 0 Å². The van der Waals surface area contributed by atoms with Gasteiger partial charge in [-0.15, -0.1) is 0 Å². The second-order valence-electron chi connectivity index (χ2n) is 3.43. The van der Waals surface area contributed by atoms with Crippen LogP contribution in [0.5, 0.6) is 0 Å². The van der Waals surface area contributed by atoms with Crippen LogP contribution in [0, 0.1) is 0 Å². The minimum Gasteiger partial charge on any atom is -0.381 e. The molecule has 0 radical (unpaired) electrons. The fourth-order valence-corrected chi connectivity index (χ4v) is 2.19. The van der Waals surface area contributed by atoms with E-state index in [1.807, 2.05) is 0 Å². The van der Waals surface area contributed by atoms with Crippen LogP contribution in [0.3, 0.4) is 0 Å². The molecule has 0 fully saturated rings. The van der Waals surface area contributed by atoms with Crippen LogP contribution >= 0.6 is 15.9 Å². The van der Waals surface area contributed by atoms with E-state index in [1.54, 1.807) is 0 Å². The van der Waals surface area contributed by atoms with Crippen molar-refractivity contribution in [1.82, 2.24) is 0 Å². The number of fused-ring (bicyclic) bond motifs is 1. The van der Waals surface area contributed by atoms with Crippen molar-refractivity contribution in [3.63, 3.8) is 0 Å². The topological polar surface area (TPSA) is 12.0 Å². The van der Waals surface area contributed by atoms with Crippen LogP contribution < -0.4 is 5.32 Å². The van der Waals surface area contributed by atoms with Gasteiger partial charge < -0.3 is 5.32 Å². The van der Waals surface area contributed by atoms with Gasteiger partial charge in [-0.05, 0) is 34.5 Å². The molecule has 1 aliphatic rings. The van der Waals surface area contributed by atoms with Crippen LogP contribution in [0.4, 0.5) is 5.69 Å². The summed E-state index contributed by atoms with van der Waals surface area (Å²) in [6.07, 6.45) is 0. The SMILES string of the molecule is CC1Nc2c(Br)cccc2C1C. The van der Waals surface area contributed by atoms with Crippen molar-refractivity contribution < 1.29 is 0 Å². The lowest BCUT2D eigenvalue weighted by Crippen LogP contribution is -2.12. The number of benzene rings is 1. The first-order valence-corrected chi connectivity index (χ1v) is 5.04. The Labute approximate surface area is 81.3 Å². The van der Waals surface area contributed by atoms with E-state index in [4.69, 9.17) is 0 Å². The van der Waals surface area contributed by atoms with Gasteiger partial charge in [-0.1, -0.05) is 19.1 Å². The third kappa shape index (κ3) is 1.06. The van der Waals surface area contributed by atoms with Crippen LogP contribution in [-0.2, 0) is 0 Å². The number of hydrogen-bond donors (Lipinski definition) is 1. The number of hydrogen-bond acceptors (Lipinski definition) is 1. The molecule has 1 aromatic carbocycles. The van der Waals surface area contributed by atoms with Gasteiger partial charge in [0.2, 0.25) is 0 Å². The van der Waals surface area contributed by atoms with Crippen molar-refractivity contribution in [1.29, 1.82) is 0 Å². The molecule has 64 valence electrons. The highest BCUT2D eigenvalue weighted by Crippen LogP contribution is 2.39. The number of nitrogens with one attached hydrogen (secondary N) is 1. The molecule has 1 heterocycles. The summed E-state index contributed by atoms with van der Waals surface area (Å²) in [6, 6.07) is 6.93. The summed E-state index contributed by atoms with van der Waals surface area (Å²) in [5, 5.41) is 3.47. The van der Waals surface area contributed by atoms with Crippen LogP contribution in [0.15, 0.2) is 22.7 Å². The molecule has 0 aliphatic carbocycles. The predicted molar refractivity (Wildman–Crippen MR) is 55.6 cm³/mol. The quantitative estimate of drug-likeness (QED) is 0.715. The summed E-state index contributed by atoms with van der Waals surface area (Å²) < 4.78 is 1.18. The van der Waals surface area contributed by atoms with Crippen LogP contribution in [0.1, 0.15) is 25.3 Å². The lowest BCUT2D eigenvalue weighted by Gasteiger charge is -2.08. The molecule has 2 atom stereocenters. The summed E-state index contributed by atoms with van der Waals surface area (Å²) in [4.78, 5) is 0. The van der Waals surface area contributed by atoms with E-state index < -0.39 is 0 Å². The maximum absolute atomic E-state index is 3.54. The number of anilines is 1. The van der Waals surface area contributed by atoms with Gasteiger partial charge in [0.25, 0.3) is 0 Å². The standard InChI is InChI=1S/C10H12BrN/c1-6-7(2)12-10-8(6)4-3-5-9(10)11/h3-7,12H,1-2H3. The van der Waals surface area contributed by atoms with E-state index in [0.717, 1.165) is 0 Å². The average molecular weight is 226 g/mol. The molecule has 12 heavy (non-hydrogen) atoms. The Morgan fingerprint density at radius 3 is 2.75 bits per heavy atom. The van der Waals surface area contributed by atoms with Gasteiger partial charge in [0.05, 0.1) is 5.69 Å². The van der Waals surface area contributed by atoms with Gasteiger partial charge in [0.15, 0.2) is 0 Å². The Balaban J connectivity index is 2.53. The molecule has 0 amide bonds. The van der Waals surface area contributed by atoms with Crippen molar-refractivity contribution in [2.24, 2.45) is 0 Å². The van der Waals surface area contributed by atoms with Gasteiger partial charge >= 0.3 is 0 Å². The van der Waals surface area contributed by atoms with Crippen molar-refractivity contribution in [2.75, 3.05) is 5.32 Å². The molecule has 1 aromatic rings. The van der Waals surface area contributed by atoms with Gasteiger partial charge in [0, 0.05) is 16.4 Å². The minimum absolute atomic E-state index is 0.554. The fourth-order valence-electron chi connectivity index (χ4n) is 1.69. The summed E-state index contributed by atoms with van der Waals surface area (Å²) >= 11 is 3.54.